The topological polar surface area (TPSA) is 50.1 Å². The van der Waals surface area contributed by atoms with E-state index >= 15 is 0 Å². The maximum Gasteiger partial charge on any atom is 0.341 e. The highest BCUT2D eigenvalue weighted by Crippen LogP contribution is 2.18. The number of aryl methyl sites for hydroxylation is 1. The molecule has 0 aliphatic carbocycles. The van der Waals surface area contributed by atoms with Crippen LogP contribution in [0.5, 0.6) is 0 Å². The predicted molar refractivity (Wildman–Crippen MR) is 51.8 cm³/mol. The van der Waals surface area contributed by atoms with Gasteiger partial charge in [-0.2, -0.15) is 5.26 Å². The Morgan fingerprint density at radius 2 is 2.27 bits per heavy atom. The Morgan fingerprint density at radius 3 is 2.73 bits per heavy atom. The number of carbonyl (C=O) groups is 1. The quantitative estimate of drug-likeness (QED) is 0.697. The smallest absolute Gasteiger partial charge is 0.341 e. The van der Waals surface area contributed by atoms with E-state index in [1.54, 1.807) is 6.92 Å². The number of ether oxygens (including phenoxy) is 1. The third kappa shape index (κ3) is 2.13. The Hall–Kier alpha value is -1.89. The zero-order chi connectivity index (χ0) is 11.4. The van der Waals surface area contributed by atoms with E-state index in [4.69, 9.17) is 5.26 Å². The van der Waals surface area contributed by atoms with Gasteiger partial charge in [-0.05, 0) is 24.1 Å². The summed E-state index contributed by atoms with van der Waals surface area (Å²) in [5.74, 6) is -1.42. The SMILES string of the molecule is CCc1cc(C#N)cc(F)c1C(=O)OC. The van der Waals surface area contributed by atoms with E-state index < -0.39 is 11.8 Å². The second-order valence-electron chi connectivity index (χ2n) is 2.95. The first-order valence-electron chi connectivity index (χ1n) is 4.44. The van der Waals surface area contributed by atoms with Crippen LogP contribution in [0.4, 0.5) is 4.39 Å². The molecule has 1 aromatic rings. The van der Waals surface area contributed by atoms with E-state index in [1.165, 1.54) is 13.2 Å². The van der Waals surface area contributed by atoms with Crippen molar-refractivity contribution in [1.82, 2.24) is 0 Å². The summed E-state index contributed by atoms with van der Waals surface area (Å²) in [5, 5.41) is 8.64. The summed E-state index contributed by atoms with van der Waals surface area (Å²) in [5.41, 5.74) is 0.606. The first kappa shape index (κ1) is 11.2. The Labute approximate surface area is 87.1 Å². The van der Waals surface area contributed by atoms with Crippen molar-refractivity contribution in [3.63, 3.8) is 0 Å². The van der Waals surface area contributed by atoms with Crippen LogP contribution in [0.3, 0.4) is 0 Å². The molecule has 0 heterocycles. The minimum absolute atomic E-state index is 0.0843. The van der Waals surface area contributed by atoms with E-state index in [9.17, 15) is 9.18 Å². The molecule has 0 aliphatic rings. The van der Waals surface area contributed by atoms with Crippen molar-refractivity contribution in [3.8, 4) is 6.07 Å². The molecule has 0 saturated heterocycles. The van der Waals surface area contributed by atoms with Crippen molar-refractivity contribution in [3.05, 3.63) is 34.6 Å². The van der Waals surface area contributed by atoms with Gasteiger partial charge >= 0.3 is 5.97 Å². The molecule has 1 aromatic carbocycles. The highest BCUT2D eigenvalue weighted by Gasteiger charge is 2.17. The van der Waals surface area contributed by atoms with E-state index in [-0.39, 0.29) is 11.1 Å². The first-order chi connectivity index (χ1) is 7.13. The normalized spacial score (nSPS) is 9.47. The largest absolute Gasteiger partial charge is 0.465 e. The third-order valence-corrected chi connectivity index (χ3v) is 2.07. The van der Waals surface area contributed by atoms with Gasteiger partial charge in [0.1, 0.15) is 5.82 Å². The van der Waals surface area contributed by atoms with Gasteiger partial charge in [-0.3, -0.25) is 0 Å². The van der Waals surface area contributed by atoms with Gasteiger partial charge in [0.05, 0.1) is 24.3 Å². The number of rotatable bonds is 2. The van der Waals surface area contributed by atoms with Gasteiger partial charge in [0, 0.05) is 0 Å². The second kappa shape index (κ2) is 4.56. The van der Waals surface area contributed by atoms with Crippen molar-refractivity contribution in [2.45, 2.75) is 13.3 Å². The van der Waals surface area contributed by atoms with Crippen LogP contribution in [-0.4, -0.2) is 13.1 Å². The lowest BCUT2D eigenvalue weighted by Crippen LogP contribution is -2.09. The molecule has 0 aromatic heterocycles. The molecule has 0 saturated carbocycles. The summed E-state index contributed by atoms with van der Waals surface area (Å²) >= 11 is 0. The van der Waals surface area contributed by atoms with Gasteiger partial charge in [-0.25, -0.2) is 9.18 Å². The van der Waals surface area contributed by atoms with Crippen molar-refractivity contribution in [2.24, 2.45) is 0 Å². The van der Waals surface area contributed by atoms with Gasteiger partial charge in [-0.15, -0.1) is 0 Å². The van der Waals surface area contributed by atoms with Crippen LogP contribution < -0.4 is 0 Å². The molecule has 0 radical (unpaired) electrons. The van der Waals surface area contributed by atoms with Crippen LogP contribution in [-0.2, 0) is 11.2 Å². The Bertz CT molecular complexity index is 435. The standard InChI is InChI=1S/C11H10FNO2/c1-3-8-4-7(6-13)5-9(12)10(8)11(14)15-2/h4-5H,3H2,1-2H3. The zero-order valence-corrected chi connectivity index (χ0v) is 8.50. The number of methoxy groups -OCH3 is 1. The van der Waals surface area contributed by atoms with Crippen LogP contribution in [0, 0.1) is 17.1 Å². The van der Waals surface area contributed by atoms with E-state index in [0.717, 1.165) is 6.07 Å². The van der Waals surface area contributed by atoms with Gasteiger partial charge in [0.25, 0.3) is 0 Å². The molecular weight excluding hydrogens is 197 g/mol. The highest BCUT2D eigenvalue weighted by atomic mass is 19.1. The molecule has 0 N–H and O–H groups in total. The average molecular weight is 207 g/mol. The molecular formula is C11H10FNO2. The molecule has 3 nitrogen and oxygen atoms in total. The number of hydrogen-bond acceptors (Lipinski definition) is 3. The average Bonchev–Trinajstić information content (AvgIpc) is 2.26. The third-order valence-electron chi connectivity index (χ3n) is 2.07. The summed E-state index contributed by atoms with van der Waals surface area (Å²) in [6, 6.07) is 4.36. The Kier molecular flexibility index (Phi) is 3.40. The minimum Gasteiger partial charge on any atom is -0.465 e. The molecule has 15 heavy (non-hydrogen) atoms. The highest BCUT2D eigenvalue weighted by molar-refractivity contribution is 5.91. The minimum atomic E-state index is -0.714. The molecule has 0 spiro atoms. The number of carbonyl (C=O) groups excluding carboxylic acids is 1. The molecule has 0 unspecified atom stereocenters. The number of hydrogen-bond donors (Lipinski definition) is 0. The van der Waals surface area contributed by atoms with Crippen molar-refractivity contribution in [2.75, 3.05) is 7.11 Å². The summed E-state index contributed by atoms with van der Waals surface area (Å²) in [6.07, 6.45) is 0.469. The Balaban J connectivity index is 3.39. The van der Waals surface area contributed by atoms with Gasteiger partial charge < -0.3 is 4.74 Å². The summed E-state index contributed by atoms with van der Waals surface area (Å²) in [7, 11) is 1.19. The van der Waals surface area contributed by atoms with Gasteiger partial charge in [0.15, 0.2) is 0 Å². The van der Waals surface area contributed by atoms with Crippen LogP contribution in [0.25, 0.3) is 0 Å². The Morgan fingerprint density at radius 1 is 1.60 bits per heavy atom. The number of esters is 1. The van der Waals surface area contributed by atoms with E-state index in [0.29, 0.717) is 12.0 Å². The van der Waals surface area contributed by atoms with Crippen LogP contribution >= 0.6 is 0 Å². The fraction of sp³-hybridized carbons (Fsp3) is 0.273. The predicted octanol–water partition coefficient (Wildman–Crippen LogP) is 2.05. The molecule has 78 valence electrons. The molecule has 0 fully saturated rings. The molecule has 0 amide bonds. The molecule has 1 rings (SSSR count). The summed E-state index contributed by atoms with van der Waals surface area (Å²) in [6.45, 7) is 1.78. The number of halogens is 1. The maximum atomic E-state index is 13.5. The fourth-order valence-electron chi connectivity index (χ4n) is 1.34. The summed E-state index contributed by atoms with van der Waals surface area (Å²) in [4.78, 5) is 11.3. The first-order valence-corrected chi connectivity index (χ1v) is 4.44. The number of nitrogens with zero attached hydrogens (tertiary/aromatic N) is 1. The van der Waals surface area contributed by atoms with E-state index in [2.05, 4.69) is 4.74 Å². The van der Waals surface area contributed by atoms with Crippen LogP contribution in [0.2, 0.25) is 0 Å². The molecule has 0 atom stereocenters. The zero-order valence-electron chi connectivity index (χ0n) is 8.50. The number of nitriles is 1. The lowest BCUT2D eigenvalue weighted by molar-refractivity contribution is 0.0594. The van der Waals surface area contributed by atoms with Gasteiger partial charge in [0.2, 0.25) is 0 Å². The van der Waals surface area contributed by atoms with Crippen molar-refractivity contribution in [1.29, 1.82) is 5.26 Å². The van der Waals surface area contributed by atoms with Crippen LogP contribution in [0.15, 0.2) is 12.1 Å². The lowest BCUT2D eigenvalue weighted by Gasteiger charge is -2.07. The molecule has 0 aliphatic heterocycles. The van der Waals surface area contributed by atoms with Crippen molar-refractivity contribution >= 4 is 5.97 Å². The number of benzene rings is 1. The lowest BCUT2D eigenvalue weighted by atomic mass is 10.0. The second-order valence-corrected chi connectivity index (χ2v) is 2.95. The molecule has 4 heteroatoms. The fourth-order valence-corrected chi connectivity index (χ4v) is 1.34. The molecule has 0 bridgehead atoms. The van der Waals surface area contributed by atoms with Gasteiger partial charge in [-0.1, -0.05) is 6.92 Å². The monoisotopic (exact) mass is 207 g/mol. The van der Waals surface area contributed by atoms with E-state index in [1.807, 2.05) is 6.07 Å². The maximum absolute atomic E-state index is 13.5. The summed E-state index contributed by atoms with van der Waals surface area (Å²) < 4.78 is 17.9. The van der Waals surface area contributed by atoms with Crippen LogP contribution in [0.1, 0.15) is 28.4 Å². The van der Waals surface area contributed by atoms with Crippen molar-refractivity contribution < 1.29 is 13.9 Å².